The molecule has 124 valence electrons. The Labute approximate surface area is 147 Å². The van der Waals surface area contributed by atoms with E-state index in [-0.39, 0.29) is 23.9 Å². The summed E-state index contributed by atoms with van der Waals surface area (Å²) in [6.07, 6.45) is 3.06. The molecule has 0 radical (unpaired) electrons. The van der Waals surface area contributed by atoms with Crippen LogP contribution in [0.3, 0.4) is 0 Å². The Hall–Kier alpha value is -2.31. The number of halogens is 1. The lowest BCUT2D eigenvalue weighted by Crippen LogP contribution is -2.12. The standard InChI is InChI=1S/C18H15BrO5/c1-22-14-3-5-17(21)15(8-14)16(20)4-2-11-6-13(19)7-12-9-23-10-24-18(11)12/h2-8,21H,9-10H2,1H3. The van der Waals surface area contributed by atoms with Crippen molar-refractivity contribution in [1.29, 1.82) is 0 Å². The van der Waals surface area contributed by atoms with Gasteiger partial charge in [0.2, 0.25) is 0 Å². The summed E-state index contributed by atoms with van der Waals surface area (Å²) in [5, 5.41) is 9.88. The summed E-state index contributed by atoms with van der Waals surface area (Å²) in [5.41, 5.74) is 1.85. The van der Waals surface area contributed by atoms with Crippen molar-refractivity contribution in [2.75, 3.05) is 13.9 Å². The Bertz CT molecular complexity index is 813. The third-order valence-corrected chi connectivity index (χ3v) is 4.04. The molecule has 0 saturated heterocycles. The Kier molecular flexibility index (Phi) is 4.87. The van der Waals surface area contributed by atoms with E-state index in [0.29, 0.717) is 18.1 Å². The second-order valence-electron chi connectivity index (χ2n) is 5.17. The number of fused-ring (bicyclic) bond motifs is 1. The minimum Gasteiger partial charge on any atom is -0.507 e. The van der Waals surface area contributed by atoms with Crippen LogP contribution in [0.4, 0.5) is 0 Å². The van der Waals surface area contributed by atoms with Crippen molar-refractivity contribution in [1.82, 2.24) is 0 Å². The summed E-state index contributed by atoms with van der Waals surface area (Å²) in [5.74, 6) is 0.784. The molecule has 0 atom stereocenters. The van der Waals surface area contributed by atoms with Gasteiger partial charge >= 0.3 is 0 Å². The molecule has 1 heterocycles. The molecular formula is C18H15BrO5. The Morgan fingerprint density at radius 3 is 2.96 bits per heavy atom. The fraction of sp³-hybridized carbons (Fsp3) is 0.167. The first-order valence-electron chi connectivity index (χ1n) is 7.21. The van der Waals surface area contributed by atoms with Crippen molar-refractivity contribution in [3.63, 3.8) is 0 Å². The van der Waals surface area contributed by atoms with Crippen molar-refractivity contribution in [2.45, 2.75) is 6.61 Å². The highest BCUT2D eigenvalue weighted by atomic mass is 79.9. The van der Waals surface area contributed by atoms with Gasteiger partial charge in [-0.2, -0.15) is 0 Å². The molecule has 0 unspecified atom stereocenters. The highest BCUT2D eigenvalue weighted by Crippen LogP contribution is 2.33. The molecule has 0 aromatic heterocycles. The van der Waals surface area contributed by atoms with Gasteiger partial charge in [-0.05, 0) is 42.5 Å². The number of ketones is 1. The summed E-state index contributed by atoms with van der Waals surface area (Å²) in [6.45, 7) is 0.639. The van der Waals surface area contributed by atoms with Gasteiger partial charge in [0, 0.05) is 15.6 Å². The predicted molar refractivity (Wildman–Crippen MR) is 92.4 cm³/mol. The minimum absolute atomic E-state index is 0.0913. The van der Waals surface area contributed by atoms with Crippen LogP contribution in [0.1, 0.15) is 21.5 Å². The van der Waals surface area contributed by atoms with Crippen molar-refractivity contribution in [2.24, 2.45) is 0 Å². The van der Waals surface area contributed by atoms with Gasteiger partial charge in [0.05, 0.1) is 19.3 Å². The molecule has 6 heteroatoms. The quantitative estimate of drug-likeness (QED) is 0.632. The molecule has 0 bridgehead atoms. The molecule has 0 aliphatic carbocycles. The first kappa shape index (κ1) is 16.5. The van der Waals surface area contributed by atoms with Crippen LogP contribution in [-0.2, 0) is 11.3 Å². The monoisotopic (exact) mass is 390 g/mol. The van der Waals surface area contributed by atoms with Crippen molar-refractivity contribution < 1.29 is 24.1 Å². The maximum Gasteiger partial charge on any atom is 0.189 e. The maximum absolute atomic E-state index is 12.4. The molecule has 0 amide bonds. The fourth-order valence-corrected chi connectivity index (χ4v) is 2.95. The third-order valence-electron chi connectivity index (χ3n) is 3.59. The zero-order chi connectivity index (χ0) is 17.1. The molecule has 1 N–H and O–H groups in total. The summed E-state index contributed by atoms with van der Waals surface area (Å²) in [7, 11) is 1.50. The first-order valence-corrected chi connectivity index (χ1v) is 8.00. The minimum atomic E-state index is -0.327. The van der Waals surface area contributed by atoms with E-state index in [1.165, 1.54) is 25.3 Å². The Morgan fingerprint density at radius 1 is 1.33 bits per heavy atom. The highest BCUT2D eigenvalue weighted by molar-refractivity contribution is 9.10. The van der Waals surface area contributed by atoms with E-state index in [4.69, 9.17) is 14.2 Å². The molecular weight excluding hydrogens is 376 g/mol. The number of carbonyl (C=O) groups excluding carboxylic acids is 1. The van der Waals surface area contributed by atoms with Crippen LogP contribution in [0.2, 0.25) is 0 Å². The van der Waals surface area contributed by atoms with Crippen LogP contribution < -0.4 is 9.47 Å². The van der Waals surface area contributed by atoms with E-state index in [1.807, 2.05) is 12.1 Å². The molecule has 1 aliphatic rings. The van der Waals surface area contributed by atoms with Crippen LogP contribution >= 0.6 is 15.9 Å². The zero-order valence-corrected chi connectivity index (χ0v) is 14.5. The number of rotatable bonds is 4. The number of ether oxygens (including phenoxy) is 3. The van der Waals surface area contributed by atoms with Crippen LogP contribution in [-0.4, -0.2) is 24.8 Å². The lowest BCUT2D eigenvalue weighted by molar-refractivity contribution is -0.0165. The number of carbonyl (C=O) groups is 1. The summed E-state index contributed by atoms with van der Waals surface area (Å²) in [6, 6.07) is 8.30. The van der Waals surface area contributed by atoms with Crippen LogP contribution in [0, 0.1) is 0 Å². The number of phenols is 1. The molecule has 1 aliphatic heterocycles. The maximum atomic E-state index is 12.4. The van der Waals surface area contributed by atoms with Gasteiger partial charge in [-0.3, -0.25) is 4.79 Å². The van der Waals surface area contributed by atoms with Gasteiger partial charge in [-0.25, -0.2) is 0 Å². The summed E-state index contributed by atoms with van der Waals surface area (Å²) >= 11 is 3.44. The van der Waals surface area contributed by atoms with Crippen LogP contribution in [0.15, 0.2) is 40.9 Å². The van der Waals surface area contributed by atoms with Crippen molar-refractivity contribution >= 4 is 27.8 Å². The lowest BCUT2D eigenvalue weighted by Gasteiger charge is -2.20. The lowest BCUT2D eigenvalue weighted by atomic mass is 10.1. The topological polar surface area (TPSA) is 65.0 Å². The van der Waals surface area contributed by atoms with Crippen molar-refractivity contribution in [3.05, 3.63) is 57.6 Å². The van der Waals surface area contributed by atoms with Crippen molar-refractivity contribution in [3.8, 4) is 17.2 Å². The Balaban J connectivity index is 1.91. The largest absolute Gasteiger partial charge is 0.507 e. The average Bonchev–Trinajstić information content (AvgIpc) is 2.59. The average molecular weight is 391 g/mol. The molecule has 5 nitrogen and oxygen atoms in total. The molecule has 0 fully saturated rings. The number of benzene rings is 2. The van der Waals surface area contributed by atoms with Crippen LogP contribution in [0.5, 0.6) is 17.2 Å². The van der Waals surface area contributed by atoms with E-state index in [2.05, 4.69) is 15.9 Å². The van der Waals surface area contributed by atoms with Crippen LogP contribution in [0.25, 0.3) is 6.08 Å². The summed E-state index contributed by atoms with van der Waals surface area (Å²) < 4.78 is 16.7. The second-order valence-corrected chi connectivity index (χ2v) is 6.09. The van der Waals surface area contributed by atoms with E-state index in [1.54, 1.807) is 12.1 Å². The highest BCUT2D eigenvalue weighted by Gasteiger charge is 2.16. The smallest absolute Gasteiger partial charge is 0.189 e. The molecule has 3 rings (SSSR count). The van der Waals surface area contributed by atoms with Gasteiger partial charge in [0.15, 0.2) is 12.6 Å². The van der Waals surface area contributed by atoms with E-state index in [9.17, 15) is 9.90 Å². The van der Waals surface area contributed by atoms with Gasteiger partial charge in [0.1, 0.15) is 17.2 Å². The van der Waals surface area contributed by atoms with Gasteiger partial charge in [0.25, 0.3) is 0 Å². The molecule has 2 aromatic carbocycles. The van der Waals surface area contributed by atoms with Gasteiger partial charge in [-0.15, -0.1) is 0 Å². The second kappa shape index (κ2) is 7.07. The molecule has 0 spiro atoms. The van der Waals surface area contributed by atoms with Gasteiger partial charge in [-0.1, -0.05) is 15.9 Å². The number of hydrogen-bond donors (Lipinski definition) is 1. The normalized spacial score (nSPS) is 13.4. The fourth-order valence-electron chi connectivity index (χ4n) is 2.43. The summed E-state index contributed by atoms with van der Waals surface area (Å²) in [4.78, 5) is 12.4. The number of methoxy groups -OCH3 is 1. The molecule has 2 aromatic rings. The zero-order valence-electron chi connectivity index (χ0n) is 12.9. The number of aromatic hydroxyl groups is 1. The van der Waals surface area contributed by atoms with E-state index >= 15 is 0 Å². The van der Waals surface area contributed by atoms with E-state index < -0.39 is 0 Å². The number of phenolic OH excluding ortho intramolecular Hbond substituents is 1. The molecule has 24 heavy (non-hydrogen) atoms. The first-order chi connectivity index (χ1) is 11.6. The Morgan fingerprint density at radius 2 is 2.17 bits per heavy atom. The number of allylic oxidation sites excluding steroid dienone is 1. The third kappa shape index (κ3) is 3.44. The number of hydrogen-bond acceptors (Lipinski definition) is 5. The van der Waals surface area contributed by atoms with E-state index in [0.717, 1.165) is 15.6 Å². The van der Waals surface area contributed by atoms with Gasteiger partial charge < -0.3 is 19.3 Å². The predicted octanol–water partition coefficient (Wildman–Crippen LogP) is 3.93. The SMILES string of the molecule is COc1ccc(O)c(C(=O)C=Cc2cc(Br)cc3c2OCOC3)c1. The molecule has 0 saturated carbocycles.